The second-order valence-corrected chi connectivity index (χ2v) is 9.00. The third kappa shape index (κ3) is 4.18. The molecule has 0 saturated heterocycles. The van der Waals surface area contributed by atoms with Crippen molar-refractivity contribution >= 4 is 21.6 Å². The van der Waals surface area contributed by atoms with Crippen LogP contribution in [0.5, 0.6) is 5.88 Å². The first-order valence-electron chi connectivity index (χ1n) is 11.1. The predicted molar refractivity (Wildman–Crippen MR) is 117 cm³/mol. The van der Waals surface area contributed by atoms with Crippen LogP contribution in [0.3, 0.4) is 0 Å². The molecule has 156 valence electrons. The van der Waals surface area contributed by atoms with Gasteiger partial charge in [-0.2, -0.15) is 0 Å². The Morgan fingerprint density at radius 2 is 1.97 bits per heavy atom. The second-order valence-electron chi connectivity index (χ2n) is 7.92. The summed E-state index contributed by atoms with van der Waals surface area (Å²) in [5, 5.41) is 1.17. The van der Waals surface area contributed by atoms with Gasteiger partial charge in [0, 0.05) is 10.8 Å². The van der Waals surface area contributed by atoms with Crippen molar-refractivity contribution in [3.63, 3.8) is 0 Å². The van der Waals surface area contributed by atoms with Crippen LogP contribution in [0.4, 0.5) is 0 Å². The molecular weight excluding hydrogens is 382 g/mol. The number of ether oxygens (including phenoxy) is 1. The molecule has 0 aliphatic heterocycles. The van der Waals surface area contributed by atoms with E-state index in [1.165, 1.54) is 41.5 Å². The molecule has 0 aromatic carbocycles. The van der Waals surface area contributed by atoms with Crippen LogP contribution in [0.15, 0.2) is 23.2 Å². The van der Waals surface area contributed by atoms with E-state index in [1.807, 2.05) is 25.2 Å². The van der Waals surface area contributed by atoms with E-state index < -0.39 is 0 Å². The highest BCUT2D eigenvalue weighted by molar-refractivity contribution is 7.19. The van der Waals surface area contributed by atoms with Crippen LogP contribution in [0.2, 0.25) is 0 Å². The van der Waals surface area contributed by atoms with E-state index in [2.05, 4.69) is 21.9 Å². The Bertz CT molecular complexity index is 916. The lowest BCUT2D eigenvalue weighted by Gasteiger charge is -2.23. The van der Waals surface area contributed by atoms with Gasteiger partial charge in [0.25, 0.3) is 0 Å². The highest BCUT2D eigenvalue weighted by atomic mass is 32.1. The van der Waals surface area contributed by atoms with Crippen LogP contribution in [0, 0.1) is 0 Å². The maximum atomic E-state index is 6.40. The van der Waals surface area contributed by atoms with Crippen LogP contribution in [0.25, 0.3) is 10.2 Å². The molecule has 3 aromatic heterocycles. The number of fused-ring (bicyclic) bond motifs is 3. The largest absolute Gasteiger partial charge is 0.474 e. The van der Waals surface area contributed by atoms with Gasteiger partial charge in [-0.3, -0.25) is 0 Å². The molecule has 2 aliphatic rings. The number of aryl methyl sites for hydroxylation is 1. The van der Waals surface area contributed by atoms with Crippen molar-refractivity contribution in [2.45, 2.75) is 90.1 Å². The maximum absolute atomic E-state index is 6.40. The van der Waals surface area contributed by atoms with E-state index >= 15 is 0 Å². The van der Waals surface area contributed by atoms with Gasteiger partial charge in [0.1, 0.15) is 23.5 Å². The summed E-state index contributed by atoms with van der Waals surface area (Å²) in [6, 6.07) is 0. The number of hydrogen-bond donors (Lipinski definition) is 0. The summed E-state index contributed by atoms with van der Waals surface area (Å²) in [4.78, 5) is 16.0. The first-order valence-corrected chi connectivity index (χ1v) is 11.9. The van der Waals surface area contributed by atoms with Gasteiger partial charge in [-0.05, 0) is 56.4 Å². The summed E-state index contributed by atoms with van der Waals surface area (Å²) >= 11 is 1.82. The first kappa shape index (κ1) is 20.3. The van der Waals surface area contributed by atoms with E-state index in [1.54, 1.807) is 18.8 Å². The predicted octanol–water partition coefficient (Wildman–Crippen LogP) is 6.64. The van der Waals surface area contributed by atoms with Crippen molar-refractivity contribution in [2.24, 2.45) is 0 Å². The molecule has 0 radical (unpaired) electrons. The summed E-state index contributed by atoms with van der Waals surface area (Å²) in [6.07, 6.45) is 14.8. The summed E-state index contributed by atoms with van der Waals surface area (Å²) in [7, 11) is 0. The Hall–Kier alpha value is -1.95. The Morgan fingerprint density at radius 3 is 2.72 bits per heavy atom. The molecule has 29 heavy (non-hydrogen) atoms. The third-order valence-corrected chi connectivity index (χ3v) is 7.21. The van der Waals surface area contributed by atoms with Crippen molar-refractivity contribution in [1.29, 1.82) is 0 Å². The minimum Gasteiger partial charge on any atom is -0.474 e. The van der Waals surface area contributed by atoms with Gasteiger partial charge in [-0.15, -0.1) is 11.3 Å². The Morgan fingerprint density at radius 1 is 1.14 bits per heavy atom. The van der Waals surface area contributed by atoms with Crippen LogP contribution in [0.1, 0.15) is 93.9 Å². The zero-order valence-corrected chi connectivity index (χ0v) is 18.5. The molecule has 2 atom stereocenters. The number of hydrogen-bond acceptors (Lipinski definition) is 6. The highest BCUT2D eigenvalue weighted by Gasteiger charge is 2.32. The van der Waals surface area contributed by atoms with Crippen LogP contribution < -0.4 is 4.74 Å². The molecule has 1 fully saturated rings. The summed E-state index contributed by atoms with van der Waals surface area (Å²) in [6.45, 7) is 6.20. The van der Waals surface area contributed by atoms with Crippen molar-refractivity contribution in [3.05, 3.63) is 35.1 Å². The molecule has 6 heteroatoms. The lowest BCUT2D eigenvalue weighted by Crippen LogP contribution is -2.20. The molecule has 0 spiro atoms. The summed E-state index contributed by atoms with van der Waals surface area (Å²) in [5.74, 6) is 2.44. The minimum atomic E-state index is 0.304. The normalized spacial score (nSPS) is 20.2. The fourth-order valence-corrected chi connectivity index (χ4v) is 5.94. The number of rotatable bonds is 5. The van der Waals surface area contributed by atoms with Crippen molar-refractivity contribution < 1.29 is 9.15 Å². The maximum Gasteiger partial charge on any atom is 0.225 e. The molecule has 0 amide bonds. The molecule has 0 bridgehead atoms. The molecule has 5 rings (SSSR count). The lowest BCUT2D eigenvalue weighted by atomic mass is 9.90. The number of nitrogens with zero attached hydrogens (tertiary/aromatic N) is 3. The van der Waals surface area contributed by atoms with Gasteiger partial charge in [0.2, 0.25) is 5.88 Å². The molecule has 2 aliphatic carbocycles. The average molecular weight is 414 g/mol. The zero-order valence-electron chi connectivity index (χ0n) is 17.7. The smallest absolute Gasteiger partial charge is 0.225 e. The van der Waals surface area contributed by atoms with Gasteiger partial charge in [0.15, 0.2) is 5.89 Å². The van der Waals surface area contributed by atoms with Gasteiger partial charge < -0.3 is 9.15 Å². The van der Waals surface area contributed by atoms with E-state index in [9.17, 15) is 0 Å². The molecule has 3 heterocycles. The number of aromatic nitrogens is 3. The number of oxazole rings is 1. The number of thiophene rings is 1. The van der Waals surface area contributed by atoms with E-state index in [0.717, 1.165) is 42.3 Å². The Kier molecular flexibility index (Phi) is 6.48. The Labute approximate surface area is 176 Å². The Balaban J connectivity index is 0.000000994. The molecule has 5 nitrogen and oxygen atoms in total. The van der Waals surface area contributed by atoms with Crippen LogP contribution in [-0.4, -0.2) is 21.1 Å². The molecule has 1 saturated carbocycles. The van der Waals surface area contributed by atoms with Crippen LogP contribution >= 0.6 is 11.3 Å². The first-order chi connectivity index (χ1) is 14.3. The molecule has 1 unspecified atom stereocenters. The second kappa shape index (κ2) is 9.24. The fraction of sp³-hybridized carbons (Fsp3) is 0.609. The highest BCUT2D eigenvalue weighted by Crippen LogP contribution is 2.49. The van der Waals surface area contributed by atoms with Crippen molar-refractivity contribution in [1.82, 2.24) is 15.0 Å². The van der Waals surface area contributed by atoms with E-state index in [4.69, 9.17) is 9.15 Å². The topological polar surface area (TPSA) is 61.0 Å². The average Bonchev–Trinajstić information content (AvgIpc) is 3.48. The summed E-state index contributed by atoms with van der Waals surface area (Å²) < 4.78 is 11.9. The minimum absolute atomic E-state index is 0.304. The van der Waals surface area contributed by atoms with Crippen molar-refractivity contribution in [3.8, 4) is 5.88 Å². The molecular formula is C23H31N3O2S. The standard InChI is InChI=1S/C21H25N3O2S.C2H6/c1-13(19-22-9-10-25-19)11-14-7-8-16-17(14)18-20(23-12-24-21(18)27-16)26-15-5-3-2-4-6-15;1-2/h9-10,12-15H,2-8,11H2,1H3;1-2H3/t13?,14-;/m1./s1. The van der Waals surface area contributed by atoms with E-state index in [0.29, 0.717) is 17.9 Å². The molecule has 0 N–H and O–H groups in total. The summed E-state index contributed by atoms with van der Waals surface area (Å²) in [5.41, 5.74) is 1.43. The lowest BCUT2D eigenvalue weighted by molar-refractivity contribution is 0.150. The van der Waals surface area contributed by atoms with Gasteiger partial charge in [-0.1, -0.05) is 27.2 Å². The van der Waals surface area contributed by atoms with Crippen molar-refractivity contribution in [2.75, 3.05) is 0 Å². The van der Waals surface area contributed by atoms with Gasteiger partial charge >= 0.3 is 0 Å². The van der Waals surface area contributed by atoms with Crippen LogP contribution in [-0.2, 0) is 6.42 Å². The quantitative estimate of drug-likeness (QED) is 0.469. The SMILES string of the molecule is CC.CC(C[C@H]1CCc2sc3ncnc(OC4CCCCC4)c3c21)c1ncco1. The molecule has 3 aromatic rings. The fourth-order valence-electron chi connectivity index (χ4n) is 4.71. The van der Waals surface area contributed by atoms with E-state index in [-0.39, 0.29) is 0 Å². The van der Waals surface area contributed by atoms with Gasteiger partial charge in [-0.25, -0.2) is 15.0 Å². The van der Waals surface area contributed by atoms with Gasteiger partial charge in [0.05, 0.1) is 11.6 Å². The third-order valence-electron chi connectivity index (χ3n) is 6.04. The zero-order chi connectivity index (χ0) is 20.2. The monoisotopic (exact) mass is 413 g/mol.